The Labute approximate surface area is 224 Å². The second-order valence-electron chi connectivity index (χ2n) is 10.1. The number of halogens is 3. The van der Waals surface area contributed by atoms with Crippen LogP contribution in [0.25, 0.3) is 22.0 Å². The van der Waals surface area contributed by atoms with Crippen LogP contribution in [0.5, 0.6) is 0 Å². The zero-order chi connectivity index (χ0) is 26.5. The number of carbonyl (C=O) groups excluding carboxylic acids is 2. The number of aryl methyl sites for hydroxylation is 1. The van der Waals surface area contributed by atoms with Crippen LogP contribution in [0.2, 0.25) is 0 Å². The minimum atomic E-state index is -1.09. The van der Waals surface area contributed by atoms with Crippen LogP contribution in [-0.4, -0.2) is 72.0 Å². The number of fused-ring (bicyclic) bond motifs is 1. The number of amides is 1. The first-order valence-electron chi connectivity index (χ1n) is 12.4. The van der Waals surface area contributed by atoms with Gasteiger partial charge in [0.2, 0.25) is 5.91 Å². The molecule has 2 fully saturated rings. The van der Waals surface area contributed by atoms with E-state index in [-0.39, 0.29) is 36.6 Å². The fourth-order valence-electron chi connectivity index (χ4n) is 5.12. The Morgan fingerprint density at radius 3 is 2.57 bits per heavy atom. The molecule has 2 aliphatic rings. The predicted molar refractivity (Wildman–Crippen MR) is 141 cm³/mol. The van der Waals surface area contributed by atoms with Crippen molar-refractivity contribution in [1.29, 1.82) is 0 Å². The Morgan fingerprint density at radius 2 is 1.92 bits per heavy atom. The average molecular weight is 547 g/mol. The summed E-state index contributed by atoms with van der Waals surface area (Å²) >= 11 is 12.3. The number of benzene rings is 1. The molecule has 3 aromatic rings. The molecule has 1 amide bonds. The molecule has 1 N–H and O–H groups in total. The predicted octanol–water partition coefficient (Wildman–Crippen LogP) is 4.12. The van der Waals surface area contributed by atoms with Crippen molar-refractivity contribution in [3.8, 4) is 11.1 Å². The SMILES string of the molecule is CC(=O)c1nn(CCN2C[C@H](F)C[C@H]2C(=O)N[C@H](C)[C@H]2CC2(Cl)Cl)c2ccc(-c3cnc(C)nc3)cc12. The summed E-state index contributed by atoms with van der Waals surface area (Å²) in [5.74, 6) is 0.308. The number of hydrogen-bond acceptors (Lipinski definition) is 6. The second-order valence-corrected chi connectivity index (χ2v) is 11.6. The number of ketones is 1. The maximum absolute atomic E-state index is 14.4. The molecular weight excluding hydrogens is 518 g/mol. The summed E-state index contributed by atoms with van der Waals surface area (Å²) in [6.45, 7) is 6.16. The molecule has 3 heterocycles. The van der Waals surface area contributed by atoms with Gasteiger partial charge < -0.3 is 5.32 Å². The van der Waals surface area contributed by atoms with Gasteiger partial charge in [0.05, 0.1) is 18.1 Å². The number of alkyl halides is 3. The zero-order valence-corrected chi connectivity index (χ0v) is 22.4. The topological polar surface area (TPSA) is 93.0 Å². The molecule has 1 saturated heterocycles. The van der Waals surface area contributed by atoms with Crippen molar-refractivity contribution < 1.29 is 14.0 Å². The van der Waals surface area contributed by atoms with Gasteiger partial charge in [0.15, 0.2) is 5.78 Å². The molecule has 1 saturated carbocycles. The van der Waals surface area contributed by atoms with Crippen LogP contribution in [-0.2, 0) is 11.3 Å². The van der Waals surface area contributed by atoms with E-state index >= 15 is 0 Å². The van der Waals surface area contributed by atoms with Crippen molar-refractivity contribution in [3.63, 3.8) is 0 Å². The van der Waals surface area contributed by atoms with Gasteiger partial charge in [-0.05, 0) is 38.0 Å². The number of likely N-dealkylation sites (tertiary alicyclic amines) is 1. The van der Waals surface area contributed by atoms with Gasteiger partial charge in [0.1, 0.15) is 22.0 Å². The first kappa shape index (κ1) is 26.0. The Balaban J connectivity index is 1.33. The molecule has 0 spiro atoms. The fourth-order valence-corrected chi connectivity index (χ4v) is 5.83. The maximum Gasteiger partial charge on any atom is 0.237 e. The molecule has 5 rings (SSSR count). The molecule has 0 unspecified atom stereocenters. The summed E-state index contributed by atoms with van der Waals surface area (Å²) in [6, 6.07) is 5.00. The molecular formula is C26H29Cl2FN6O2. The third kappa shape index (κ3) is 5.35. The molecule has 196 valence electrons. The van der Waals surface area contributed by atoms with Crippen LogP contribution < -0.4 is 5.32 Å². The summed E-state index contributed by atoms with van der Waals surface area (Å²) in [4.78, 5) is 35.7. The van der Waals surface area contributed by atoms with Gasteiger partial charge in [0.25, 0.3) is 0 Å². The number of carbonyl (C=O) groups is 2. The van der Waals surface area contributed by atoms with Gasteiger partial charge in [-0.25, -0.2) is 14.4 Å². The lowest BCUT2D eigenvalue weighted by Crippen LogP contribution is -2.47. The van der Waals surface area contributed by atoms with Crippen LogP contribution in [0.1, 0.15) is 43.0 Å². The van der Waals surface area contributed by atoms with Gasteiger partial charge in [-0.1, -0.05) is 6.07 Å². The van der Waals surface area contributed by atoms with Crippen LogP contribution in [0, 0.1) is 12.8 Å². The smallest absolute Gasteiger partial charge is 0.237 e. The van der Waals surface area contributed by atoms with E-state index in [2.05, 4.69) is 20.4 Å². The van der Waals surface area contributed by atoms with E-state index in [1.165, 1.54) is 6.92 Å². The minimum Gasteiger partial charge on any atom is -0.352 e. The van der Waals surface area contributed by atoms with E-state index in [1.807, 2.05) is 36.9 Å². The summed E-state index contributed by atoms with van der Waals surface area (Å²) < 4.78 is 15.3. The lowest BCUT2D eigenvalue weighted by atomic mass is 10.0. The first-order valence-corrected chi connectivity index (χ1v) is 13.2. The van der Waals surface area contributed by atoms with E-state index in [9.17, 15) is 14.0 Å². The van der Waals surface area contributed by atoms with Crippen molar-refractivity contribution >= 4 is 45.8 Å². The third-order valence-corrected chi connectivity index (χ3v) is 8.17. The zero-order valence-electron chi connectivity index (χ0n) is 20.9. The lowest BCUT2D eigenvalue weighted by molar-refractivity contribution is -0.126. The first-order chi connectivity index (χ1) is 17.5. The molecule has 0 bridgehead atoms. The highest BCUT2D eigenvalue weighted by atomic mass is 35.5. The third-order valence-electron chi connectivity index (χ3n) is 7.30. The molecule has 0 radical (unpaired) electrons. The van der Waals surface area contributed by atoms with E-state index < -0.39 is 16.5 Å². The highest BCUT2D eigenvalue weighted by molar-refractivity contribution is 6.51. The van der Waals surface area contributed by atoms with Gasteiger partial charge >= 0.3 is 0 Å². The van der Waals surface area contributed by atoms with E-state index in [4.69, 9.17) is 23.2 Å². The summed E-state index contributed by atoms with van der Waals surface area (Å²) in [5, 5.41) is 8.27. The lowest BCUT2D eigenvalue weighted by Gasteiger charge is -2.25. The Morgan fingerprint density at radius 1 is 1.22 bits per heavy atom. The molecule has 37 heavy (non-hydrogen) atoms. The number of hydrogen-bond donors (Lipinski definition) is 1. The molecule has 1 aromatic carbocycles. The van der Waals surface area contributed by atoms with Crippen molar-refractivity contribution in [1.82, 2.24) is 30.0 Å². The minimum absolute atomic E-state index is 0.00684. The second kappa shape index (κ2) is 9.93. The number of aromatic nitrogens is 4. The van der Waals surface area contributed by atoms with Gasteiger partial charge in [-0.3, -0.25) is 19.2 Å². The maximum atomic E-state index is 14.4. The van der Waals surface area contributed by atoms with Crippen LogP contribution in [0.3, 0.4) is 0 Å². The monoisotopic (exact) mass is 546 g/mol. The van der Waals surface area contributed by atoms with Crippen molar-refractivity contribution in [2.75, 3.05) is 13.1 Å². The Hall–Kier alpha value is -2.62. The molecule has 1 aliphatic heterocycles. The largest absolute Gasteiger partial charge is 0.352 e. The normalized spacial score (nSPS) is 23.8. The van der Waals surface area contributed by atoms with Crippen LogP contribution in [0.15, 0.2) is 30.6 Å². The van der Waals surface area contributed by atoms with Gasteiger partial charge in [-0.2, -0.15) is 5.10 Å². The van der Waals surface area contributed by atoms with Gasteiger partial charge in [0, 0.05) is 61.7 Å². The standard InChI is InChI=1S/C26H29Cl2FN6O2/c1-14(21-10-26(21,27)28)32-25(37)23-9-19(29)13-34(23)6-7-35-22-5-4-17(18-11-30-16(3)31-12-18)8-20(22)24(33-35)15(2)36/h4-5,8,11-12,14,19,21,23H,6-7,9-10,13H2,1-3H3,(H,32,37)/t14-,19-,21-,23+/m1/s1. The molecule has 11 heteroatoms. The average Bonchev–Trinajstić information content (AvgIpc) is 3.15. The number of nitrogens with one attached hydrogen (secondary N) is 1. The quantitative estimate of drug-likeness (QED) is 0.337. The van der Waals surface area contributed by atoms with E-state index in [1.54, 1.807) is 17.1 Å². The fraction of sp³-hybridized carbons (Fsp3) is 0.500. The highest BCUT2D eigenvalue weighted by Gasteiger charge is 2.55. The molecule has 8 nitrogen and oxygen atoms in total. The molecule has 2 aromatic heterocycles. The van der Waals surface area contributed by atoms with Crippen molar-refractivity contribution in [2.45, 2.75) is 62.7 Å². The summed E-state index contributed by atoms with van der Waals surface area (Å²) in [6.07, 6.45) is 3.17. The number of rotatable bonds is 8. The van der Waals surface area contributed by atoms with Gasteiger partial charge in [-0.15, -0.1) is 23.2 Å². The molecule has 4 atom stereocenters. The number of nitrogens with zero attached hydrogens (tertiary/aromatic N) is 5. The van der Waals surface area contributed by atoms with Crippen molar-refractivity contribution in [2.24, 2.45) is 5.92 Å². The number of Topliss-reactive ketones (excluding diaryl/α,β-unsaturated/α-hetero) is 1. The summed E-state index contributed by atoms with van der Waals surface area (Å²) in [7, 11) is 0. The Bertz CT molecular complexity index is 1340. The van der Waals surface area contributed by atoms with Crippen molar-refractivity contribution in [3.05, 3.63) is 42.1 Å². The Kier molecular flexibility index (Phi) is 6.98. The molecule has 1 aliphatic carbocycles. The van der Waals surface area contributed by atoms with E-state index in [0.29, 0.717) is 31.0 Å². The van der Waals surface area contributed by atoms with Crippen LogP contribution >= 0.6 is 23.2 Å². The van der Waals surface area contributed by atoms with Crippen LogP contribution in [0.4, 0.5) is 4.39 Å². The summed E-state index contributed by atoms with van der Waals surface area (Å²) in [5.41, 5.74) is 2.89. The van der Waals surface area contributed by atoms with E-state index in [0.717, 1.165) is 22.0 Å². The highest BCUT2D eigenvalue weighted by Crippen LogP contribution is 2.54.